The smallest absolute Gasteiger partial charge is 0.243 e. The van der Waals surface area contributed by atoms with Gasteiger partial charge in [0.15, 0.2) is 0 Å². The molecule has 0 unspecified atom stereocenters. The number of aryl methyl sites for hydroxylation is 2. The lowest BCUT2D eigenvalue weighted by atomic mass is 9.97. The summed E-state index contributed by atoms with van der Waals surface area (Å²) in [6, 6.07) is 9.19. The van der Waals surface area contributed by atoms with E-state index < -0.39 is 10.0 Å². The minimum absolute atomic E-state index is 0.142. The van der Waals surface area contributed by atoms with E-state index in [1.165, 1.54) is 19.3 Å². The summed E-state index contributed by atoms with van der Waals surface area (Å²) in [4.78, 5) is 7.53. The molecule has 0 saturated carbocycles. The summed E-state index contributed by atoms with van der Waals surface area (Å²) in [6.07, 6.45) is 8.42. The number of hydrogen-bond donors (Lipinski definition) is 0. The topological polar surface area (TPSA) is 53.5 Å². The molecule has 0 N–H and O–H groups in total. The van der Waals surface area contributed by atoms with Gasteiger partial charge in [0.1, 0.15) is 5.82 Å². The average molecular weight is 414 g/mol. The molecular formula is C23H31N3O2S. The Morgan fingerprint density at radius 1 is 0.931 bits per heavy atom. The number of piperidine rings is 2. The van der Waals surface area contributed by atoms with E-state index in [0.29, 0.717) is 11.4 Å². The summed E-state index contributed by atoms with van der Waals surface area (Å²) in [6.45, 7) is 6.75. The maximum atomic E-state index is 13.4. The van der Waals surface area contributed by atoms with Gasteiger partial charge in [-0.05, 0) is 75.3 Å². The Bertz CT molecular complexity index is 951. The van der Waals surface area contributed by atoms with Gasteiger partial charge in [-0.3, -0.25) is 0 Å². The van der Waals surface area contributed by atoms with Gasteiger partial charge in [0.25, 0.3) is 0 Å². The molecule has 6 heteroatoms. The molecule has 0 radical (unpaired) electrons. The molecule has 29 heavy (non-hydrogen) atoms. The van der Waals surface area contributed by atoms with E-state index in [1.807, 2.05) is 25.3 Å². The molecule has 0 bridgehead atoms. The van der Waals surface area contributed by atoms with Crippen molar-refractivity contribution in [1.29, 1.82) is 0 Å². The maximum absolute atomic E-state index is 13.4. The standard InChI is InChI=1S/C23H31N3O2S/c1-18-9-11-21(12-10-18)29(27,28)26-15-7-4-8-22(26)20-16-19(2)23(24-17-20)25-13-5-3-6-14-25/h9-12,16-17,22H,3-8,13-15H2,1-2H3/t22-/m0/s1. The van der Waals surface area contributed by atoms with Crippen LogP contribution in [0.5, 0.6) is 0 Å². The minimum atomic E-state index is -3.52. The van der Waals surface area contributed by atoms with Crippen molar-refractivity contribution in [2.75, 3.05) is 24.5 Å². The van der Waals surface area contributed by atoms with Crippen LogP contribution in [0.25, 0.3) is 0 Å². The highest BCUT2D eigenvalue weighted by Crippen LogP contribution is 2.36. The van der Waals surface area contributed by atoms with Crippen molar-refractivity contribution in [3.05, 3.63) is 53.2 Å². The lowest BCUT2D eigenvalue weighted by Crippen LogP contribution is -2.38. The van der Waals surface area contributed by atoms with Crippen molar-refractivity contribution in [2.45, 2.75) is 63.3 Å². The Morgan fingerprint density at radius 3 is 2.31 bits per heavy atom. The van der Waals surface area contributed by atoms with E-state index in [2.05, 4.69) is 17.9 Å². The molecule has 4 rings (SSSR count). The number of benzene rings is 1. The van der Waals surface area contributed by atoms with Crippen LogP contribution in [0.15, 0.2) is 41.4 Å². The second-order valence-corrected chi connectivity index (χ2v) is 10.3. The SMILES string of the molecule is Cc1ccc(S(=O)(=O)N2CCCC[C@H]2c2cnc(N3CCCCC3)c(C)c2)cc1. The van der Waals surface area contributed by atoms with Crippen molar-refractivity contribution < 1.29 is 8.42 Å². The molecule has 2 aliphatic heterocycles. The first-order valence-corrected chi connectivity index (χ1v) is 12.2. The molecule has 1 aromatic carbocycles. The predicted octanol–water partition coefficient (Wildman–Crippen LogP) is 4.60. The van der Waals surface area contributed by atoms with Crippen LogP contribution < -0.4 is 4.90 Å². The molecule has 156 valence electrons. The van der Waals surface area contributed by atoms with E-state index in [0.717, 1.165) is 54.9 Å². The first-order chi connectivity index (χ1) is 14.0. The lowest BCUT2D eigenvalue weighted by Gasteiger charge is -2.35. The molecule has 1 aromatic heterocycles. The van der Waals surface area contributed by atoms with Crippen LogP contribution in [-0.4, -0.2) is 37.3 Å². The quantitative estimate of drug-likeness (QED) is 0.735. The summed E-state index contributed by atoms with van der Waals surface area (Å²) in [5.74, 6) is 1.05. The van der Waals surface area contributed by atoms with Crippen molar-refractivity contribution in [3.8, 4) is 0 Å². The zero-order valence-electron chi connectivity index (χ0n) is 17.5. The Hall–Kier alpha value is -1.92. The lowest BCUT2D eigenvalue weighted by molar-refractivity contribution is 0.255. The van der Waals surface area contributed by atoms with E-state index in [-0.39, 0.29) is 6.04 Å². The summed E-state index contributed by atoms with van der Waals surface area (Å²) >= 11 is 0. The Balaban J connectivity index is 1.63. The van der Waals surface area contributed by atoms with Crippen LogP contribution >= 0.6 is 0 Å². The number of anilines is 1. The number of aromatic nitrogens is 1. The zero-order valence-corrected chi connectivity index (χ0v) is 18.3. The molecule has 2 saturated heterocycles. The first kappa shape index (κ1) is 20.4. The van der Waals surface area contributed by atoms with Crippen molar-refractivity contribution in [2.24, 2.45) is 0 Å². The minimum Gasteiger partial charge on any atom is -0.356 e. The van der Waals surface area contributed by atoms with Gasteiger partial charge in [-0.25, -0.2) is 13.4 Å². The van der Waals surface area contributed by atoms with E-state index >= 15 is 0 Å². The fourth-order valence-electron chi connectivity index (χ4n) is 4.58. The largest absolute Gasteiger partial charge is 0.356 e. The van der Waals surface area contributed by atoms with Crippen LogP contribution in [-0.2, 0) is 10.0 Å². The highest BCUT2D eigenvalue weighted by Gasteiger charge is 2.34. The summed E-state index contributed by atoms with van der Waals surface area (Å²) < 4.78 is 28.5. The number of sulfonamides is 1. The second kappa shape index (κ2) is 8.44. The molecule has 5 nitrogen and oxygen atoms in total. The fraction of sp³-hybridized carbons (Fsp3) is 0.522. The fourth-order valence-corrected chi connectivity index (χ4v) is 6.26. The Kier molecular flexibility index (Phi) is 5.93. The first-order valence-electron chi connectivity index (χ1n) is 10.8. The highest BCUT2D eigenvalue weighted by atomic mass is 32.2. The molecule has 2 aliphatic rings. The molecular weight excluding hydrogens is 382 g/mol. The van der Waals surface area contributed by atoms with Crippen LogP contribution in [0.1, 0.15) is 61.3 Å². The summed E-state index contributed by atoms with van der Waals surface area (Å²) in [5.41, 5.74) is 3.22. The normalized spacial score (nSPS) is 21.3. The second-order valence-electron chi connectivity index (χ2n) is 8.40. The van der Waals surface area contributed by atoms with Gasteiger partial charge in [0, 0.05) is 25.8 Å². The molecule has 0 aliphatic carbocycles. The Morgan fingerprint density at radius 2 is 1.62 bits per heavy atom. The number of nitrogens with zero attached hydrogens (tertiary/aromatic N) is 3. The third kappa shape index (κ3) is 4.19. The van der Waals surface area contributed by atoms with E-state index in [1.54, 1.807) is 16.4 Å². The number of hydrogen-bond acceptors (Lipinski definition) is 4. The van der Waals surface area contributed by atoms with Crippen molar-refractivity contribution in [3.63, 3.8) is 0 Å². The van der Waals surface area contributed by atoms with Gasteiger partial charge >= 0.3 is 0 Å². The van der Waals surface area contributed by atoms with Gasteiger partial charge in [0.05, 0.1) is 10.9 Å². The van der Waals surface area contributed by atoms with Crippen LogP contribution in [0, 0.1) is 13.8 Å². The predicted molar refractivity (Wildman–Crippen MR) is 117 cm³/mol. The zero-order chi connectivity index (χ0) is 20.4. The molecule has 2 fully saturated rings. The van der Waals surface area contributed by atoms with Crippen LogP contribution in [0.4, 0.5) is 5.82 Å². The molecule has 1 atom stereocenters. The Labute approximate surface area is 174 Å². The summed E-state index contributed by atoms with van der Waals surface area (Å²) in [5, 5.41) is 0. The van der Waals surface area contributed by atoms with Crippen molar-refractivity contribution in [1.82, 2.24) is 9.29 Å². The number of pyridine rings is 1. The van der Waals surface area contributed by atoms with Crippen LogP contribution in [0.3, 0.4) is 0 Å². The molecule has 0 amide bonds. The highest BCUT2D eigenvalue weighted by molar-refractivity contribution is 7.89. The molecule has 2 aromatic rings. The van der Waals surface area contributed by atoms with Gasteiger partial charge in [-0.2, -0.15) is 4.31 Å². The van der Waals surface area contributed by atoms with Crippen LogP contribution in [0.2, 0.25) is 0 Å². The monoisotopic (exact) mass is 413 g/mol. The van der Waals surface area contributed by atoms with Gasteiger partial charge in [0.2, 0.25) is 10.0 Å². The molecule has 3 heterocycles. The average Bonchev–Trinajstić information content (AvgIpc) is 2.74. The maximum Gasteiger partial charge on any atom is 0.243 e. The van der Waals surface area contributed by atoms with Crippen molar-refractivity contribution >= 4 is 15.8 Å². The molecule has 0 spiro atoms. The van der Waals surface area contributed by atoms with Gasteiger partial charge in [-0.1, -0.05) is 24.1 Å². The third-order valence-corrected chi connectivity index (χ3v) is 8.12. The summed E-state index contributed by atoms with van der Waals surface area (Å²) in [7, 11) is -3.52. The number of rotatable bonds is 4. The van der Waals surface area contributed by atoms with E-state index in [4.69, 9.17) is 4.98 Å². The third-order valence-electron chi connectivity index (χ3n) is 6.19. The van der Waals surface area contributed by atoms with Gasteiger partial charge in [-0.15, -0.1) is 0 Å². The van der Waals surface area contributed by atoms with E-state index in [9.17, 15) is 8.42 Å². The van der Waals surface area contributed by atoms with Gasteiger partial charge < -0.3 is 4.90 Å².